The molecule has 0 saturated heterocycles. The molecule has 124 valence electrons. The van der Waals surface area contributed by atoms with Crippen LogP contribution in [0.5, 0.6) is 17.2 Å². The quantitative estimate of drug-likeness (QED) is 0.790. The predicted molar refractivity (Wildman–Crippen MR) is 86.7 cm³/mol. The summed E-state index contributed by atoms with van der Waals surface area (Å²) >= 11 is 0. The Labute approximate surface area is 139 Å². The van der Waals surface area contributed by atoms with Crippen molar-refractivity contribution in [2.45, 2.75) is 6.54 Å². The second-order valence-corrected chi connectivity index (χ2v) is 5.24. The van der Waals surface area contributed by atoms with Crippen LogP contribution in [0.2, 0.25) is 0 Å². The standard InChI is InChI=1S/C18H17NO5/c1-22-14-9-8-11(15(23-2)16(14)24-3)10-19-17(20)12-6-4-5-7-13(12)18(19)21/h4-9H,10H2,1-3H3. The number of rotatable bonds is 5. The molecule has 6 nitrogen and oxygen atoms in total. The van der Waals surface area contributed by atoms with E-state index in [0.717, 1.165) is 0 Å². The summed E-state index contributed by atoms with van der Waals surface area (Å²) in [6.45, 7) is 0.0931. The van der Waals surface area contributed by atoms with Crippen LogP contribution in [0.25, 0.3) is 0 Å². The molecule has 0 radical (unpaired) electrons. The normalized spacial score (nSPS) is 13.0. The van der Waals surface area contributed by atoms with Crippen LogP contribution in [0.1, 0.15) is 26.3 Å². The van der Waals surface area contributed by atoms with E-state index in [9.17, 15) is 9.59 Å². The maximum atomic E-state index is 12.5. The molecular formula is C18H17NO5. The smallest absolute Gasteiger partial charge is 0.261 e. The van der Waals surface area contributed by atoms with Gasteiger partial charge < -0.3 is 14.2 Å². The molecule has 0 spiro atoms. The summed E-state index contributed by atoms with van der Waals surface area (Å²) in [5.41, 5.74) is 1.49. The number of fused-ring (bicyclic) bond motifs is 1. The molecule has 0 N–H and O–H groups in total. The number of methoxy groups -OCH3 is 3. The van der Waals surface area contributed by atoms with Crippen LogP contribution in [0.4, 0.5) is 0 Å². The second-order valence-electron chi connectivity index (χ2n) is 5.24. The van der Waals surface area contributed by atoms with Crippen molar-refractivity contribution in [1.82, 2.24) is 4.90 Å². The van der Waals surface area contributed by atoms with Gasteiger partial charge in [0.1, 0.15) is 0 Å². The number of carbonyl (C=O) groups is 2. The Bertz CT molecular complexity index is 780. The SMILES string of the molecule is COc1ccc(CN2C(=O)c3ccccc3C2=O)c(OC)c1OC. The number of amides is 2. The summed E-state index contributed by atoms with van der Waals surface area (Å²) in [7, 11) is 4.54. The van der Waals surface area contributed by atoms with Gasteiger partial charge >= 0.3 is 0 Å². The van der Waals surface area contributed by atoms with Crippen LogP contribution in [0, 0.1) is 0 Å². The number of hydrogen-bond acceptors (Lipinski definition) is 5. The zero-order chi connectivity index (χ0) is 17.3. The number of ether oxygens (including phenoxy) is 3. The first-order chi connectivity index (χ1) is 11.6. The Morgan fingerprint density at radius 2 is 1.38 bits per heavy atom. The lowest BCUT2D eigenvalue weighted by Gasteiger charge is -2.19. The first kappa shape index (κ1) is 15.9. The van der Waals surface area contributed by atoms with E-state index in [1.807, 2.05) is 0 Å². The minimum absolute atomic E-state index is 0.0931. The first-order valence-electron chi connectivity index (χ1n) is 7.35. The zero-order valence-electron chi connectivity index (χ0n) is 13.7. The first-order valence-corrected chi connectivity index (χ1v) is 7.35. The highest BCUT2D eigenvalue weighted by Crippen LogP contribution is 2.40. The Morgan fingerprint density at radius 3 is 1.88 bits per heavy atom. The van der Waals surface area contributed by atoms with Gasteiger partial charge in [0.05, 0.1) is 39.0 Å². The molecule has 0 bridgehead atoms. The Hall–Kier alpha value is -3.02. The molecule has 2 amide bonds. The van der Waals surface area contributed by atoms with Gasteiger partial charge in [0, 0.05) is 5.56 Å². The highest BCUT2D eigenvalue weighted by atomic mass is 16.5. The predicted octanol–water partition coefficient (Wildman–Crippen LogP) is 2.51. The van der Waals surface area contributed by atoms with Crippen molar-refractivity contribution in [2.75, 3.05) is 21.3 Å². The number of imide groups is 1. The molecule has 2 aromatic rings. The van der Waals surface area contributed by atoms with Gasteiger partial charge in [-0.1, -0.05) is 12.1 Å². The Morgan fingerprint density at radius 1 is 0.792 bits per heavy atom. The van der Waals surface area contributed by atoms with Crippen LogP contribution in [-0.2, 0) is 6.54 Å². The van der Waals surface area contributed by atoms with Crippen LogP contribution in [0.3, 0.4) is 0 Å². The lowest BCUT2D eigenvalue weighted by molar-refractivity contribution is 0.0641. The van der Waals surface area contributed by atoms with Gasteiger partial charge in [0.15, 0.2) is 11.5 Å². The number of nitrogens with zero attached hydrogens (tertiary/aromatic N) is 1. The molecule has 1 aliphatic heterocycles. The van der Waals surface area contributed by atoms with Crippen LogP contribution >= 0.6 is 0 Å². The largest absolute Gasteiger partial charge is 0.493 e. The number of carbonyl (C=O) groups excluding carboxylic acids is 2. The second kappa shape index (κ2) is 6.23. The van der Waals surface area contributed by atoms with Gasteiger partial charge in [-0.25, -0.2) is 0 Å². The summed E-state index contributed by atoms with van der Waals surface area (Å²) in [5.74, 6) is 0.753. The van der Waals surface area contributed by atoms with E-state index < -0.39 is 0 Å². The zero-order valence-corrected chi connectivity index (χ0v) is 13.7. The fourth-order valence-electron chi connectivity index (χ4n) is 2.84. The third kappa shape index (κ3) is 2.36. The van der Waals surface area contributed by atoms with Gasteiger partial charge in [0.2, 0.25) is 5.75 Å². The van der Waals surface area contributed by atoms with E-state index in [-0.39, 0.29) is 18.4 Å². The number of benzene rings is 2. The molecular weight excluding hydrogens is 310 g/mol. The third-order valence-corrected chi connectivity index (χ3v) is 3.99. The van der Waals surface area contributed by atoms with Gasteiger partial charge in [-0.05, 0) is 24.3 Å². The Kier molecular flexibility index (Phi) is 4.12. The highest BCUT2D eigenvalue weighted by Gasteiger charge is 2.35. The molecule has 0 aromatic heterocycles. The van der Waals surface area contributed by atoms with Crippen molar-refractivity contribution < 1.29 is 23.8 Å². The lowest BCUT2D eigenvalue weighted by atomic mass is 10.1. The van der Waals surface area contributed by atoms with E-state index in [4.69, 9.17) is 14.2 Å². The summed E-state index contributed by atoms with van der Waals surface area (Å²) in [4.78, 5) is 26.2. The molecule has 0 fully saturated rings. The van der Waals surface area contributed by atoms with Gasteiger partial charge in [-0.2, -0.15) is 0 Å². The van der Waals surface area contributed by atoms with Crippen LogP contribution < -0.4 is 14.2 Å². The molecule has 0 saturated carbocycles. The van der Waals surface area contributed by atoms with Crippen molar-refractivity contribution in [1.29, 1.82) is 0 Å². The van der Waals surface area contributed by atoms with Gasteiger partial charge in [-0.3, -0.25) is 14.5 Å². The molecule has 0 atom stereocenters. The molecule has 0 unspecified atom stereocenters. The summed E-state index contributed by atoms with van der Waals surface area (Å²) in [6, 6.07) is 10.3. The van der Waals surface area contributed by atoms with Crippen LogP contribution in [0.15, 0.2) is 36.4 Å². The Balaban J connectivity index is 1.98. The molecule has 2 aromatic carbocycles. The van der Waals surface area contributed by atoms with E-state index >= 15 is 0 Å². The van der Waals surface area contributed by atoms with Crippen molar-refractivity contribution >= 4 is 11.8 Å². The van der Waals surface area contributed by atoms with Crippen LogP contribution in [-0.4, -0.2) is 38.0 Å². The topological polar surface area (TPSA) is 65.1 Å². The van der Waals surface area contributed by atoms with E-state index in [0.29, 0.717) is 33.9 Å². The molecule has 6 heteroatoms. The maximum absolute atomic E-state index is 12.5. The van der Waals surface area contributed by atoms with Crippen molar-refractivity contribution in [3.05, 3.63) is 53.1 Å². The summed E-state index contributed by atoms with van der Waals surface area (Å²) in [6.07, 6.45) is 0. The fourth-order valence-corrected chi connectivity index (χ4v) is 2.84. The summed E-state index contributed by atoms with van der Waals surface area (Å²) in [5, 5.41) is 0. The molecule has 0 aliphatic carbocycles. The van der Waals surface area contributed by atoms with Crippen molar-refractivity contribution in [3.63, 3.8) is 0 Å². The molecule has 3 rings (SSSR count). The van der Waals surface area contributed by atoms with Gasteiger partial charge in [0.25, 0.3) is 11.8 Å². The molecule has 24 heavy (non-hydrogen) atoms. The highest BCUT2D eigenvalue weighted by molar-refractivity contribution is 6.21. The lowest BCUT2D eigenvalue weighted by Crippen LogP contribution is -2.29. The minimum atomic E-state index is -0.313. The monoisotopic (exact) mass is 327 g/mol. The average Bonchev–Trinajstić information content (AvgIpc) is 2.86. The number of hydrogen-bond donors (Lipinski definition) is 0. The molecule has 1 aliphatic rings. The maximum Gasteiger partial charge on any atom is 0.261 e. The summed E-state index contributed by atoms with van der Waals surface area (Å²) < 4.78 is 16.0. The third-order valence-electron chi connectivity index (χ3n) is 3.99. The van der Waals surface area contributed by atoms with Crippen molar-refractivity contribution in [2.24, 2.45) is 0 Å². The van der Waals surface area contributed by atoms with E-state index in [2.05, 4.69) is 0 Å². The van der Waals surface area contributed by atoms with E-state index in [1.165, 1.54) is 26.2 Å². The fraction of sp³-hybridized carbons (Fsp3) is 0.222. The van der Waals surface area contributed by atoms with Crippen molar-refractivity contribution in [3.8, 4) is 17.2 Å². The molecule has 1 heterocycles. The average molecular weight is 327 g/mol. The van der Waals surface area contributed by atoms with E-state index in [1.54, 1.807) is 36.4 Å². The minimum Gasteiger partial charge on any atom is -0.493 e. The van der Waals surface area contributed by atoms with Gasteiger partial charge in [-0.15, -0.1) is 0 Å².